The summed E-state index contributed by atoms with van der Waals surface area (Å²) in [5.41, 5.74) is 4.89. The van der Waals surface area contributed by atoms with Crippen LogP contribution in [-0.2, 0) is 7.05 Å². The average Bonchev–Trinajstić information content (AvgIpc) is 3.52. The van der Waals surface area contributed by atoms with Gasteiger partial charge in [-0.2, -0.15) is 0 Å². The number of pyridine rings is 1. The summed E-state index contributed by atoms with van der Waals surface area (Å²) in [5, 5.41) is 8.98. The molecule has 0 unspecified atom stereocenters. The van der Waals surface area contributed by atoms with Crippen molar-refractivity contribution in [2.24, 2.45) is 7.05 Å². The molecule has 0 aliphatic heterocycles. The van der Waals surface area contributed by atoms with Crippen LogP contribution in [0.3, 0.4) is 0 Å². The Morgan fingerprint density at radius 3 is 2.42 bits per heavy atom. The third-order valence-electron chi connectivity index (χ3n) is 6.65. The highest BCUT2D eigenvalue weighted by Crippen LogP contribution is 2.41. The highest BCUT2D eigenvalue weighted by molar-refractivity contribution is 6.11. The Balaban J connectivity index is 1.52. The molecule has 3 heterocycles. The van der Waals surface area contributed by atoms with Gasteiger partial charge in [-0.25, -0.2) is 0 Å². The van der Waals surface area contributed by atoms with Crippen LogP contribution in [0.5, 0.6) is 5.75 Å². The van der Waals surface area contributed by atoms with Gasteiger partial charge in [-0.1, -0.05) is 65.8 Å². The predicted octanol–water partition coefficient (Wildman–Crippen LogP) is 7.17. The van der Waals surface area contributed by atoms with Gasteiger partial charge in [0.1, 0.15) is 22.5 Å². The molecule has 0 aliphatic carbocycles. The van der Waals surface area contributed by atoms with Crippen molar-refractivity contribution in [1.82, 2.24) is 9.72 Å². The van der Waals surface area contributed by atoms with Crippen LogP contribution in [0.15, 0.2) is 92.6 Å². The molecule has 0 radical (unpaired) electrons. The fourth-order valence-corrected chi connectivity index (χ4v) is 4.64. The van der Waals surface area contributed by atoms with Gasteiger partial charge >= 0.3 is 0 Å². The SMILES string of the molecule is COc1ccc(/C=C/c2onc(C)c2Nc2c(-c3ccccc3)oc3c2c(=O)n(C)c2ccccc32)cc1. The summed E-state index contributed by atoms with van der Waals surface area (Å²) in [5.74, 6) is 1.89. The minimum absolute atomic E-state index is 0.156. The zero-order chi connectivity index (χ0) is 26.2. The van der Waals surface area contributed by atoms with Crippen LogP contribution in [0.4, 0.5) is 11.4 Å². The van der Waals surface area contributed by atoms with Crippen LogP contribution < -0.4 is 15.6 Å². The quantitative estimate of drug-likeness (QED) is 0.259. The molecular weight excluding hydrogens is 478 g/mol. The minimum atomic E-state index is -0.156. The molecule has 188 valence electrons. The zero-order valence-corrected chi connectivity index (χ0v) is 21.2. The van der Waals surface area contributed by atoms with E-state index in [4.69, 9.17) is 13.7 Å². The molecule has 1 N–H and O–H groups in total. The molecule has 3 aromatic heterocycles. The lowest BCUT2D eigenvalue weighted by Crippen LogP contribution is -2.17. The van der Waals surface area contributed by atoms with Gasteiger partial charge in [0.05, 0.1) is 18.3 Å². The molecule has 7 heteroatoms. The van der Waals surface area contributed by atoms with Crippen LogP contribution >= 0.6 is 0 Å². The van der Waals surface area contributed by atoms with E-state index in [-0.39, 0.29) is 5.56 Å². The number of methoxy groups -OCH3 is 1. The van der Waals surface area contributed by atoms with E-state index in [9.17, 15) is 4.79 Å². The number of hydrogen-bond acceptors (Lipinski definition) is 6. The fourth-order valence-electron chi connectivity index (χ4n) is 4.64. The first-order chi connectivity index (χ1) is 18.5. The Labute approximate surface area is 218 Å². The number of anilines is 2. The summed E-state index contributed by atoms with van der Waals surface area (Å²) >= 11 is 0. The van der Waals surface area contributed by atoms with Gasteiger partial charge in [0, 0.05) is 18.0 Å². The third kappa shape index (κ3) is 3.94. The van der Waals surface area contributed by atoms with E-state index in [1.165, 1.54) is 0 Å². The molecule has 38 heavy (non-hydrogen) atoms. The second-order valence-electron chi connectivity index (χ2n) is 9.00. The first-order valence-corrected chi connectivity index (χ1v) is 12.2. The Bertz CT molecular complexity index is 1860. The maximum atomic E-state index is 13.7. The maximum Gasteiger partial charge on any atom is 0.264 e. The number of rotatable bonds is 6. The van der Waals surface area contributed by atoms with E-state index < -0.39 is 0 Å². The van der Waals surface area contributed by atoms with Gasteiger partial charge < -0.3 is 23.6 Å². The number of aryl methyl sites for hydroxylation is 2. The number of benzene rings is 3. The monoisotopic (exact) mass is 503 g/mol. The smallest absolute Gasteiger partial charge is 0.264 e. The molecule has 6 aromatic rings. The van der Waals surface area contributed by atoms with Gasteiger partial charge in [0.15, 0.2) is 17.1 Å². The largest absolute Gasteiger partial charge is 0.497 e. The summed E-state index contributed by atoms with van der Waals surface area (Å²) < 4.78 is 19.0. The number of furan rings is 1. The van der Waals surface area contributed by atoms with Crippen molar-refractivity contribution in [1.29, 1.82) is 0 Å². The summed E-state index contributed by atoms with van der Waals surface area (Å²) in [6.07, 6.45) is 3.78. The van der Waals surface area contributed by atoms with Crippen molar-refractivity contribution in [3.05, 3.63) is 106 Å². The zero-order valence-electron chi connectivity index (χ0n) is 21.2. The maximum absolute atomic E-state index is 13.7. The standard InChI is InChI=1S/C31H25N3O4/c1-19-27(25(38-33-19)18-15-20-13-16-22(36-3)17-14-20)32-28-26-30(37-29(28)21-9-5-4-6-10-21)23-11-7-8-12-24(23)34(2)31(26)35/h4-18,32H,1-3H3/b18-15+. The Kier molecular flexibility index (Phi) is 5.81. The normalized spacial score (nSPS) is 11.6. The highest BCUT2D eigenvalue weighted by Gasteiger charge is 2.24. The molecule has 6 rings (SSSR count). The van der Waals surface area contributed by atoms with E-state index in [1.54, 1.807) is 18.7 Å². The van der Waals surface area contributed by atoms with Crippen molar-refractivity contribution < 1.29 is 13.7 Å². The second kappa shape index (κ2) is 9.44. The molecule has 0 bridgehead atoms. The minimum Gasteiger partial charge on any atom is -0.497 e. The first-order valence-electron chi connectivity index (χ1n) is 12.2. The number of para-hydroxylation sites is 1. The first kappa shape index (κ1) is 23.4. The van der Waals surface area contributed by atoms with Crippen LogP contribution in [-0.4, -0.2) is 16.8 Å². The predicted molar refractivity (Wildman–Crippen MR) is 151 cm³/mol. The van der Waals surface area contributed by atoms with Crippen molar-refractivity contribution in [3.63, 3.8) is 0 Å². The number of hydrogen-bond donors (Lipinski definition) is 1. The Morgan fingerprint density at radius 1 is 0.921 bits per heavy atom. The van der Waals surface area contributed by atoms with Crippen molar-refractivity contribution in [2.45, 2.75) is 6.92 Å². The molecule has 0 aliphatic rings. The number of nitrogens with zero attached hydrogens (tertiary/aromatic N) is 2. The number of aromatic nitrogens is 2. The lowest BCUT2D eigenvalue weighted by atomic mass is 10.1. The van der Waals surface area contributed by atoms with E-state index in [1.807, 2.05) is 97.9 Å². The molecule has 7 nitrogen and oxygen atoms in total. The van der Waals surface area contributed by atoms with E-state index in [0.717, 1.165) is 27.8 Å². The number of ether oxygens (including phenoxy) is 1. The third-order valence-corrected chi connectivity index (χ3v) is 6.65. The lowest BCUT2D eigenvalue weighted by molar-refractivity contribution is 0.408. The van der Waals surface area contributed by atoms with Crippen LogP contribution in [0, 0.1) is 6.92 Å². The van der Waals surface area contributed by atoms with E-state index in [2.05, 4.69) is 10.5 Å². The summed E-state index contributed by atoms with van der Waals surface area (Å²) in [6, 6.07) is 25.2. The molecule has 0 fully saturated rings. The molecule has 0 amide bonds. The second-order valence-corrected chi connectivity index (χ2v) is 9.00. The molecule has 0 spiro atoms. The van der Waals surface area contributed by atoms with Crippen molar-refractivity contribution in [2.75, 3.05) is 12.4 Å². The average molecular weight is 504 g/mol. The summed E-state index contributed by atoms with van der Waals surface area (Å²) in [7, 11) is 3.41. The van der Waals surface area contributed by atoms with Gasteiger partial charge in [-0.05, 0) is 42.8 Å². The number of fused-ring (bicyclic) bond motifs is 3. The van der Waals surface area contributed by atoms with Gasteiger partial charge in [0.25, 0.3) is 5.56 Å². The van der Waals surface area contributed by atoms with Crippen LogP contribution in [0.2, 0.25) is 0 Å². The summed E-state index contributed by atoms with van der Waals surface area (Å²) in [6.45, 7) is 1.86. The van der Waals surface area contributed by atoms with Gasteiger partial charge in [0.2, 0.25) is 0 Å². The Hall–Kier alpha value is -5.04. The number of nitrogens with one attached hydrogen (secondary N) is 1. The Morgan fingerprint density at radius 2 is 1.66 bits per heavy atom. The lowest BCUT2D eigenvalue weighted by Gasteiger charge is -2.08. The van der Waals surface area contributed by atoms with E-state index in [0.29, 0.717) is 39.6 Å². The molecule has 0 saturated heterocycles. The van der Waals surface area contributed by atoms with Crippen LogP contribution in [0.1, 0.15) is 17.0 Å². The molecule has 0 atom stereocenters. The van der Waals surface area contributed by atoms with Gasteiger partial charge in [-0.15, -0.1) is 0 Å². The molecular formula is C31H25N3O4. The molecule has 3 aromatic carbocycles. The topological polar surface area (TPSA) is 82.4 Å². The van der Waals surface area contributed by atoms with E-state index >= 15 is 0 Å². The fraction of sp³-hybridized carbons (Fsp3) is 0.0968. The van der Waals surface area contributed by atoms with Crippen molar-refractivity contribution >= 4 is 45.4 Å². The molecule has 0 saturated carbocycles. The van der Waals surface area contributed by atoms with Crippen molar-refractivity contribution in [3.8, 4) is 17.1 Å². The highest BCUT2D eigenvalue weighted by atomic mass is 16.5. The summed E-state index contributed by atoms with van der Waals surface area (Å²) in [4.78, 5) is 13.7. The van der Waals surface area contributed by atoms with Gasteiger partial charge in [-0.3, -0.25) is 4.79 Å². The van der Waals surface area contributed by atoms with Crippen LogP contribution in [0.25, 0.3) is 45.3 Å².